The zero-order valence-electron chi connectivity index (χ0n) is 7.05. The number of halogens is 2. The maximum Gasteiger partial charge on any atom is 0.152 e. The predicted molar refractivity (Wildman–Crippen MR) is 51.1 cm³/mol. The van der Waals surface area contributed by atoms with Crippen LogP contribution in [-0.4, -0.2) is 5.78 Å². The van der Waals surface area contributed by atoms with E-state index in [-0.39, 0.29) is 11.6 Å². The van der Waals surface area contributed by atoms with Crippen molar-refractivity contribution in [1.82, 2.24) is 0 Å². The van der Waals surface area contributed by atoms with E-state index in [0.717, 1.165) is 0 Å². The highest BCUT2D eigenvalue weighted by atomic mass is 35.5. The van der Waals surface area contributed by atoms with Gasteiger partial charge in [0, 0.05) is 10.6 Å². The summed E-state index contributed by atoms with van der Waals surface area (Å²) in [4.78, 5) is 10.6. The van der Waals surface area contributed by atoms with Crippen molar-refractivity contribution >= 4 is 23.5 Å². The molecule has 1 rings (SSSR count). The van der Waals surface area contributed by atoms with Crippen LogP contribution < -0.4 is 0 Å². The van der Waals surface area contributed by atoms with Crippen LogP contribution in [0.5, 0.6) is 0 Å². The second kappa shape index (κ2) is 4.19. The zero-order valence-corrected chi connectivity index (χ0v) is 7.81. The van der Waals surface area contributed by atoms with Gasteiger partial charge in [0.15, 0.2) is 5.78 Å². The molecular formula is C10H8ClFO. The predicted octanol–water partition coefficient (Wildman–Crippen LogP) is 3.08. The third-order valence-corrected chi connectivity index (χ3v) is 1.69. The molecule has 0 aromatic heterocycles. The lowest BCUT2D eigenvalue weighted by Crippen LogP contribution is -1.84. The topological polar surface area (TPSA) is 17.1 Å². The first-order valence-corrected chi connectivity index (χ1v) is 4.11. The van der Waals surface area contributed by atoms with Crippen molar-refractivity contribution in [3.63, 3.8) is 0 Å². The third-order valence-electron chi connectivity index (χ3n) is 1.46. The first-order chi connectivity index (χ1) is 6.09. The molecule has 0 spiro atoms. The van der Waals surface area contributed by atoms with Crippen LogP contribution in [-0.2, 0) is 4.79 Å². The molecule has 1 aromatic rings. The number of ketones is 1. The van der Waals surface area contributed by atoms with Gasteiger partial charge in [-0.1, -0.05) is 11.6 Å². The minimum Gasteiger partial charge on any atom is -0.295 e. The maximum atomic E-state index is 13.0. The summed E-state index contributed by atoms with van der Waals surface area (Å²) in [6, 6.07) is 4.19. The van der Waals surface area contributed by atoms with Crippen molar-refractivity contribution in [2.75, 3.05) is 0 Å². The molecule has 0 aliphatic rings. The van der Waals surface area contributed by atoms with Crippen LogP contribution >= 0.6 is 11.6 Å². The number of carbonyl (C=O) groups is 1. The van der Waals surface area contributed by atoms with Gasteiger partial charge in [-0.25, -0.2) is 4.39 Å². The van der Waals surface area contributed by atoms with E-state index in [1.165, 1.54) is 37.3 Å². The Morgan fingerprint density at radius 3 is 2.85 bits per heavy atom. The fraction of sp³-hybridized carbons (Fsp3) is 0.100. The Kier molecular flexibility index (Phi) is 3.20. The average molecular weight is 199 g/mol. The van der Waals surface area contributed by atoms with Crippen molar-refractivity contribution in [2.24, 2.45) is 0 Å². The molecule has 0 saturated heterocycles. The Bertz CT molecular complexity index is 358. The summed E-state index contributed by atoms with van der Waals surface area (Å²) in [7, 11) is 0. The molecule has 0 aliphatic carbocycles. The summed E-state index contributed by atoms with van der Waals surface area (Å²) < 4.78 is 13.0. The Labute approximate surface area is 80.8 Å². The normalized spacial score (nSPS) is 10.7. The van der Waals surface area contributed by atoms with Gasteiger partial charge in [-0.05, 0) is 37.3 Å². The van der Waals surface area contributed by atoms with Gasteiger partial charge in [0.2, 0.25) is 0 Å². The molecule has 0 saturated carbocycles. The van der Waals surface area contributed by atoms with Crippen LogP contribution in [0.15, 0.2) is 24.3 Å². The van der Waals surface area contributed by atoms with Gasteiger partial charge in [0.05, 0.1) is 0 Å². The van der Waals surface area contributed by atoms with E-state index in [1.54, 1.807) is 0 Å². The van der Waals surface area contributed by atoms with E-state index < -0.39 is 0 Å². The van der Waals surface area contributed by atoms with Gasteiger partial charge in [-0.2, -0.15) is 0 Å². The molecule has 0 N–H and O–H groups in total. The highest BCUT2D eigenvalue weighted by Gasteiger charge is 1.98. The number of carbonyl (C=O) groups excluding carboxylic acids is 1. The third kappa shape index (κ3) is 2.99. The summed E-state index contributed by atoms with van der Waals surface area (Å²) in [5.41, 5.74) is 0.322. The fourth-order valence-electron chi connectivity index (χ4n) is 0.849. The van der Waals surface area contributed by atoms with Crippen molar-refractivity contribution in [3.8, 4) is 0 Å². The molecule has 0 atom stereocenters. The van der Waals surface area contributed by atoms with Crippen molar-refractivity contribution < 1.29 is 9.18 Å². The lowest BCUT2D eigenvalue weighted by molar-refractivity contribution is -0.112. The maximum absolute atomic E-state index is 13.0. The van der Waals surface area contributed by atoms with Gasteiger partial charge < -0.3 is 0 Å². The number of hydrogen-bond acceptors (Lipinski definition) is 1. The number of allylic oxidation sites excluding steroid dienone is 1. The Balaban J connectivity index is 3.00. The molecule has 0 fully saturated rings. The van der Waals surface area contributed by atoms with E-state index in [4.69, 9.17) is 11.6 Å². The van der Waals surface area contributed by atoms with Crippen LogP contribution in [0.4, 0.5) is 4.39 Å². The van der Waals surface area contributed by atoms with Crippen molar-refractivity contribution in [1.29, 1.82) is 0 Å². The van der Waals surface area contributed by atoms with Crippen molar-refractivity contribution in [3.05, 3.63) is 40.7 Å². The van der Waals surface area contributed by atoms with Crippen LogP contribution in [0, 0.1) is 5.82 Å². The molecule has 0 radical (unpaired) electrons. The fourth-order valence-corrected chi connectivity index (χ4v) is 1.03. The zero-order chi connectivity index (χ0) is 9.84. The van der Waals surface area contributed by atoms with Gasteiger partial charge in [0.25, 0.3) is 0 Å². The molecule has 68 valence electrons. The second-order valence-electron chi connectivity index (χ2n) is 2.61. The second-order valence-corrected chi connectivity index (χ2v) is 3.05. The molecule has 0 bridgehead atoms. The lowest BCUT2D eigenvalue weighted by Gasteiger charge is -1.96. The summed E-state index contributed by atoms with van der Waals surface area (Å²) in [6.07, 6.45) is 2.71. The lowest BCUT2D eigenvalue weighted by atomic mass is 10.2. The average Bonchev–Trinajstić information content (AvgIpc) is 2.06. The number of rotatable bonds is 2. The quantitative estimate of drug-likeness (QED) is 0.668. The van der Waals surface area contributed by atoms with Crippen LogP contribution in [0.1, 0.15) is 12.5 Å². The minimum atomic E-state index is -0.387. The molecule has 1 nitrogen and oxygen atoms in total. The smallest absolute Gasteiger partial charge is 0.152 e. The monoisotopic (exact) mass is 198 g/mol. The highest BCUT2D eigenvalue weighted by Crippen LogP contribution is 2.15. The summed E-state index contributed by atoms with van der Waals surface area (Å²) in [5.74, 6) is -0.513. The Morgan fingerprint density at radius 1 is 1.54 bits per heavy atom. The standard InChI is InChI=1S/C10H8ClFO/c1-7(13)2-3-8-6-9(11)4-5-10(8)12/h2-6H,1H3. The van der Waals surface area contributed by atoms with E-state index in [2.05, 4.69) is 0 Å². The SMILES string of the molecule is CC(=O)C=Cc1cc(Cl)ccc1F. The minimum absolute atomic E-state index is 0.126. The van der Waals surface area contributed by atoms with Crippen molar-refractivity contribution in [2.45, 2.75) is 6.92 Å². The van der Waals surface area contributed by atoms with Crippen LogP contribution in [0.25, 0.3) is 6.08 Å². The van der Waals surface area contributed by atoms with Crippen LogP contribution in [0.2, 0.25) is 5.02 Å². The largest absolute Gasteiger partial charge is 0.295 e. The van der Waals surface area contributed by atoms with E-state index in [0.29, 0.717) is 10.6 Å². The molecule has 0 amide bonds. The van der Waals surface area contributed by atoms with Crippen LogP contribution in [0.3, 0.4) is 0 Å². The molecule has 0 aliphatic heterocycles. The van der Waals surface area contributed by atoms with Gasteiger partial charge in [-0.15, -0.1) is 0 Å². The molecular weight excluding hydrogens is 191 g/mol. The Hall–Kier alpha value is -1.15. The Morgan fingerprint density at radius 2 is 2.23 bits per heavy atom. The van der Waals surface area contributed by atoms with E-state index in [9.17, 15) is 9.18 Å². The van der Waals surface area contributed by atoms with Gasteiger partial charge in [0.1, 0.15) is 5.82 Å². The van der Waals surface area contributed by atoms with Gasteiger partial charge >= 0.3 is 0 Å². The summed E-state index contributed by atoms with van der Waals surface area (Å²) in [5, 5.41) is 0.449. The van der Waals surface area contributed by atoms with Gasteiger partial charge in [-0.3, -0.25) is 4.79 Å². The summed E-state index contributed by atoms with van der Waals surface area (Å²) in [6.45, 7) is 1.40. The first-order valence-electron chi connectivity index (χ1n) is 3.73. The summed E-state index contributed by atoms with van der Waals surface area (Å²) >= 11 is 5.65. The first kappa shape index (κ1) is 9.93. The number of benzene rings is 1. The highest BCUT2D eigenvalue weighted by molar-refractivity contribution is 6.30. The molecule has 0 unspecified atom stereocenters. The molecule has 1 aromatic carbocycles. The number of hydrogen-bond donors (Lipinski definition) is 0. The van der Waals surface area contributed by atoms with E-state index in [1.807, 2.05) is 0 Å². The molecule has 3 heteroatoms. The molecule has 0 heterocycles. The van der Waals surface area contributed by atoms with E-state index >= 15 is 0 Å². The molecule has 13 heavy (non-hydrogen) atoms.